The van der Waals surface area contributed by atoms with Gasteiger partial charge in [0.25, 0.3) is 0 Å². The van der Waals surface area contributed by atoms with Crippen LogP contribution in [0.4, 0.5) is 45.2 Å². The monoisotopic (exact) mass is 537 g/mol. The lowest BCUT2D eigenvalue weighted by Crippen LogP contribution is -2.46. The van der Waals surface area contributed by atoms with E-state index in [0.717, 1.165) is 17.0 Å². The summed E-state index contributed by atoms with van der Waals surface area (Å²) in [5.74, 6) is -5.48. The fourth-order valence-corrected chi connectivity index (χ4v) is 3.97. The largest absolute Gasteiger partial charge is 0.573 e. The molecule has 1 heterocycles. The molecule has 3 aromatic carbocycles. The zero-order valence-corrected chi connectivity index (χ0v) is 18.4. The van der Waals surface area contributed by atoms with Gasteiger partial charge in [0, 0.05) is 5.56 Å². The number of alkyl halides is 6. The van der Waals surface area contributed by atoms with Crippen LogP contribution in [0.3, 0.4) is 0 Å². The van der Waals surface area contributed by atoms with Crippen molar-refractivity contribution in [2.75, 3.05) is 18.1 Å². The third-order valence-corrected chi connectivity index (χ3v) is 5.58. The van der Waals surface area contributed by atoms with Crippen molar-refractivity contribution in [3.05, 3.63) is 77.6 Å². The highest BCUT2D eigenvalue weighted by Crippen LogP contribution is 2.46. The molecule has 37 heavy (non-hydrogen) atoms. The Morgan fingerprint density at radius 3 is 2.22 bits per heavy atom. The minimum atomic E-state index is -5.04. The number of β-amino-alcohol motifs (C(OH)–C–C–N with tert-alkyl or cyclic N) is 1. The topological polar surface area (TPSA) is 41.9 Å². The molecule has 2 atom stereocenters. The number of rotatable bonds is 5. The number of anilines is 1. The first-order chi connectivity index (χ1) is 17.2. The van der Waals surface area contributed by atoms with Crippen LogP contribution in [-0.4, -0.2) is 36.9 Å². The van der Waals surface area contributed by atoms with Crippen LogP contribution >= 0.6 is 0 Å². The highest BCUT2D eigenvalue weighted by atomic mass is 19.4. The Labute approximate surface area is 203 Å². The molecule has 0 bridgehead atoms. The molecular weight excluding hydrogens is 521 g/mol. The summed E-state index contributed by atoms with van der Waals surface area (Å²) in [6, 6.07) is 8.70. The maximum atomic E-state index is 13.9. The molecule has 0 spiro atoms. The number of benzene rings is 3. The number of aliphatic hydroxyl groups is 1. The van der Waals surface area contributed by atoms with Crippen molar-refractivity contribution in [3.8, 4) is 22.6 Å². The molecule has 0 aromatic heterocycles. The Hall–Kier alpha value is -3.61. The average Bonchev–Trinajstić information content (AvgIpc) is 2.80. The molecular formula is C24H16F9NO3. The van der Waals surface area contributed by atoms with Crippen LogP contribution < -0.4 is 14.4 Å². The molecule has 3 aromatic rings. The number of hydrogen-bond donors (Lipinski definition) is 1. The quantitative estimate of drug-likeness (QED) is 0.297. The van der Waals surface area contributed by atoms with E-state index in [-0.39, 0.29) is 28.1 Å². The second-order valence-corrected chi connectivity index (χ2v) is 8.06. The van der Waals surface area contributed by atoms with Crippen molar-refractivity contribution in [1.82, 2.24) is 0 Å². The maximum Gasteiger partial charge on any atom is 0.573 e. The summed E-state index contributed by atoms with van der Waals surface area (Å²) >= 11 is 0. The molecule has 1 N–H and O–H groups in total. The van der Waals surface area contributed by atoms with Crippen LogP contribution in [0.2, 0.25) is 0 Å². The van der Waals surface area contributed by atoms with Gasteiger partial charge < -0.3 is 19.5 Å². The number of para-hydroxylation sites is 1. The molecule has 0 radical (unpaired) electrons. The summed E-state index contributed by atoms with van der Waals surface area (Å²) in [5.41, 5.74) is -0.145. The second kappa shape index (κ2) is 9.69. The van der Waals surface area contributed by atoms with Gasteiger partial charge in [0.1, 0.15) is 12.4 Å². The van der Waals surface area contributed by atoms with Crippen LogP contribution in [-0.2, 0) is 0 Å². The molecule has 0 fully saturated rings. The van der Waals surface area contributed by atoms with Crippen LogP contribution in [0.5, 0.6) is 11.5 Å². The van der Waals surface area contributed by atoms with E-state index >= 15 is 0 Å². The number of fused-ring (bicyclic) bond motifs is 1. The SMILES string of the molecule is O[C@H](CN1c2cccc(-c3cc(F)c(F)c(F)c3)c2OC[C@@H]1c1cccc(OC(F)(F)F)c1)C(F)(F)F. The van der Waals surface area contributed by atoms with Crippen molar-refractivity contribution in [2.45, 2.75) is 24.7 Å². The van der Waals surface area contributed by atoms with Crippen molar-refractivity contribution in [1.29, 1.82) is 0 Å². The highest BCUT2D eigenvalue weighted by molar-refractivity contribution is 5.80. The van der Waals surface area contributed by atoms with Crippen LogP contribution in [0, 0.1) is 17.5 Å². The van der Waals surface area contributed by atoms with E-state index < -0.39 is 61.0 Å². The fourth-order valence-electron chi connectivity index (χ4n) is 3.97. The molecule has 0 unspecified atom stereocenters. The smallest absolute Gasteiger partial charge is 0.488 e. The zero-order valence-electron chi connectivity index (χ0n) is 18.4. The van der Waals surface area contributed by atoms with E-state index in [1.165, 1.54) is 30.3 Å². The summed E-state index contributed by atoms with van der Waals surface area (Å²) in [7, 11) is 0. The van der Waals surface area contributed by atoms with Crippen molar-refractivity contribution >= 4 is 5.69 Å². The number of halogens is 9. The molecule has 0 aliphatic carbocycles. The summed E-state index contributed by atoms with van der Waals surface area (Å²) < 4.78 is 129. The van der Waals surface area contributed by atoms with E-state index in [0.29, 0.717) is 12.1 Å². The predicted octanol–water partition coefficient (Wildman–Crippen LogP) is 6.53. The minimum absolute atomic E-state index is 0.00871. The van der Waals surface area contributed by atoms with Gasteiger partial charge in [-0.3, -0.25) is 0 Å². The Morgan fingerprint density at radius 1 is 0.946 bits per heavy atom. The summed E-state index contributed by atoms with van der Waals surface area (Å²) in [6.07, 6.45) is -12.9. The Kier molecular flexibility index (Phi) is 6.93. The summed E-state index contributed by atoms with van der Waals surface area (Å²) in [5, 5.41) is 9.80. The van der Waals surface area contributed by atoms with Crippen LogP contribution in [0.1, 0.15) is 11.6 Å². The summed E-state index contributed by atoms with van der Waals surface area (Å²) in [6.45, 7) is -1.47. The Bertz CT molecular complexity index is 1270. The van der Waals surface area contributed by atoms with Gasteiger partial charge in [0.2, 0.25) is 0 Å². The predicted molar refractivity (Wildman–Crippen MR) is 113 cm³/mol. The van der Waals surface area contributed by atoms with Crippen LogP contribution in [0.15, 0.2) is 54.6 Å². The van der Waals surface area contributed by atoms with Gasteiger partial charge in [0.15, 0.2) is 29.3 Å². The molecule has 4 nitrogen and oxygen atoms in total. The number of aliphatic hydroxyl groups excluding tert-OH is 1. The van der Waals surface area contributed by atoms with Crippen molar-refractivity contribution in [3.63, 3.8) is 0 Å². The normalized spacial score (nSPS) is 16.7. The summed E-state index contributed by atoms with van der Waals surface area (Å²) in [4.78, 5) is 1.06. The lowest BCUT2D eigenvalue weighted by atomic mass is 9.98. The van der Waals surface area contributed by atoms with E-state index in [4.69, 9.17) is 4.74 Å². The van der Waals surface area contributed by atoms with Gasteiger partial charge in [-0.2, -0.15) is 13.2 Å². The third kappa shape index (κ3) is 5.71. The lowest BCUT2D eigenvalue weighted by Gasteiger charge is -2.40. The van der Waals surface area contributed by atoms with E-state index in [1.54, 1.807) is 0 Å². The van der Waals surface area contributed by atoms with Crippen molar-refractivity contribution < 1.29 is 54.1 Å². The maximum absolute atomic E-state index is 13.9. The first-order valence-corrected chi connectivity index (χ1v) is 10.5. The van der Waals surface area contributed by atoms with Gasteiger partial charge in [-0.15, -0.1) is 13.2 Å². The Morgan fingerprint density at radius 2 is 1.59 bits per heavy atom. The molecule has 1 aliphatic heterocycles. The molecule has 0 amide bonds. The number of ether oxygens (including phenoxy) is 2. The fraction of sp³-hybridized carbons (Fsp3) is 0.250. The molecule has 0 saturated carbocycles. The molecule has 198 valence electrons. The van der Waals surface area contributed by atoms with Crippen molar-refractivity contribution in [2.24, 2.45) is 0 Å². The average molecular weight is 537 g/mol. The molecule has 13 heteroatoms. The number of hydrogen-bond acceptors (Lipinski definition) is 4. The minimum Gasteiger partial charge on any atom is -0.488 e. The zero-order chi connectivity index (χ0) is 27.1. The van der Waals surface area contributed by atoms with Gasteiger partial charge >= 0.3 is 12.5 Å². The second-order valence-electron chi connectivity index (χ2n) is 8.06. The van der Waals surface area contributed by atoms with Gasteiger partial charge in [0.05, 0.1) is 18.3 Å². The number of nitrogens with zero attached hydrogens (tertiary/aromatic N) is 1. The Balaban J connectivity index is 1.81. The lowest BCUT2D eigenvalue weighted by molar-refractivity contribution is -0.274. The first kappa shape index (κ1) is 26.5. The van der Waals surface area contributed by atoms with Gasteiger partial charge in [-0.1, -0.05) is 24.3 Å². The molecule has 0 saturated heterocycles. The molecule has 1 aliphatic rings. The van der Waals surface area contributed by atoms with Gasteiger partial charge in [-0.05, 0) is 41.5 Å². The van der Waals surface area contributed by atoms with Crippen LogP contribution in [0.25, 0.3) is 11.1 Å². The molecule has 4 rings (SSSR count). The third-order valence-electron chi connectivity index (χ3n) is 5.58. The highest BCUT2D eigenvalue weighted by Gasteiger charge is 2.42. The van der Waals surface area contributed by atoms with E-state index in [9.17, 15) is 44.6 Å². The first-order valence-electron chi connectivity index (χ1n) is 10.5. The van der Waals surface area contributed by atoms with E-state index in [2.05, 4.69) is 4.74 Å². The standard InChI is InChI=1S/C24H16F9NO3/c25-16-8-13(9-17(26)21(16)27)15-5-2-6-18-22(15)36-11-19(34(18)10-20(35)23(28,29)30)12-3-1-4-14(7-12)37-24(31,32)33/h1-9,19-20,35H,10-11H2/t19-,20-/m1/s1. The van der Waals surface area contributed by atoms with Gasteiger partial charge in [-0.25, -0.2) is 13.2 Å². The van der Waals surface area contributed by atoms with E-state index in [1.807, 2.05) is 0 Å².